The number of para-hydroxylation sites is 2. The third-order valence-corrected chi connectivity index (χ3v) is 8.63. The fraction of sp³-hybridized carbons (Fsp3) is 0.455. The van der Waals surface area contributed by atoms with Gasteiger partial charge in [-0.2, -0.15) is 0 Å². The van der Waals surface area contributed by atoms with Crippen molar-refractivity contribution in [2.24, 2.45) is 0 Å². The summed E-state index contributed by atoms with van der Waals surface area (Å²) in [5.41, 5.74) is 2.47. The molecule has 4 rings (SSSR count). The van der Waals surface area contributed by atoms with Gasteiger partial charge in [0.05, 0.1) is 16.2 Å². The third kappa shape index (κ3) is 8.58. The van der Waals surface area contributed by atoms with Crippen LogP contribution in [0.4, 0.5) is 0 Å². The summed E-state index contributed by atoms with van der Waals surface area (Å²) in [7, 11) is 0. The molecule has 0 saturated heterocycles. The van der Waals surface area contributed by atoms with Crippen molar-refractivity contribution in [1.82, 2.24) is 15.2 Å². The molecule has 1 heterocycles. The van der Waals surface area contributed by atoms with Crippen molar-refractivity contribution in [3.8, 4) is 5.75 Å². The third-order valence-electron chi connectivity index (χ3n) is 7.74. The van der Waals surface area contributed by atoms with Gasteiger partial charge in [-0.05, 0) is 64.7 Å². The van der Waals surface area contributed by atoms with E-state index >= 15 is 0 Å². The molecule has 0 aliphatic heterocycles. The Morgan fingerprint density at radius 3 is 2.62 bits per heavy atom. The molecule has 0 unspecified atom stereocenters. The minimum absolute atomic E-state index is 0.0308. The monoisotopic (exact) mass is 687 g/mol. The molecule has 226 valence electrons. The number of aliphatic hydroxyl groups excluding tert-OH is 2. The molecule has 4 N–H and O–H groups in total. The minimum Gasteiger partial charge on any atom is -0.482 e. The first-order valence-corrected chi connectivity index (χ1v) is 16.0. The number of unbranched alkanes of at least 4 members (excludes halogenated alkanes) is 4. The number of fused-ring (bicyclic) bond motifs is 1. The fourth-order valence-electron chi connectivity index (χ4n) is 5.47. The fourth-order valence-corrected chi connectivity index (χ4v) is 5.99. The van der Waals surface area contributed by atoms with Gasteiger partial charge in [0.15, 0.2) is 0 Å². The van der Waals surface area contributed by atoms with E-state index in [-0.39, 0.29) is 31.4 Å². The normalized spacial score (nSPS) is 18.5. The van der Waals surface area contributed by atoms with Gasteiger partial charge in [0.1, 0.15) is 18.0 Å². The van der Waals surface area contributed by atoms with Crippen LogP contribution in [-0.4, -0.2) is 69.9 Å². The molecule has 8 nitrogen and oxygen atoms in total. The maximum atomic E-state index is 13.8. The van der Waals surface area contributed by atoms with E-state index in [4.69, 9.17) is 4.74 Å². The number of amides is 2. The van der Waals surface area contributed by atoms with Gasteiger partial charge in [-0.1, -0.05) is 62.9 Å². The molecule has 2 amide bonds. The highest BCUT2D eigenvalue weighted by Gasteiger charge is 2.40. The number of hydrogen-bond acceptors (Lipinski definition) is 5. The summed E-state index contributed by atoms with van der Waals surface area (Å²) in [6, 6.07) is 17.0. The summed E-state index contributed by atoms with van der Waals surface area (Å²) in [5, 5.41) is 24.8. The van der Waals surface area contributed by atoms with Crippen LogP contribution in [0.1, 0.15) is 57.6 Å². The quantitative estimate of drug-likeness (QED) is 0.131. The number of rotatable bonds is 15. The summed E-state index contributed by atoms with van der Waals surface area (Å²) in [5.74, 6) is 0.234. The number of aliphatic hydroxyl groups is 2. The van der Waals surface area contributed by atoms with E-state index in [0.717, 1.165) is 52.3 Å². The van der Waals surface area contributed by atoms with E-state index in [1.807, 2.05) is 48.5 Å². The van der Waals surface area contributed by atoms with E-state index in [9.17, 15) is 19.8 Å². The number of ether oxygens (including phenoxy) is 1. The van der Waals surface area contributed by atoms with E-state index in [2.05, 4.69) is 45.9 Å². The van der Waals surface area contributed by atoms with Gasteiger partial charge in [-0.25, -0.2) is 0 Å². The van der Waals surface area contributed by atoms with Crippen LogP contribution < -0.4 is 10.1 Å². The minimum atomic E-state index is -1.04. The maximum Gasteiger partial charge on any atom is 0.247 e. The lowest BCUT2D eigenvalue weighted by molar-refractivity contribution is -0.138. The SMILES string of the molecule is CCCCCCCC(=O)N(CCc1cc2ccccc2[nH]1)[C@@H]1CC(C(=O)NCCO)=C[C@H](Oc2ccccc2I)[C@H]1O. The van der Waals surface area contributed by atoms with Crippen LogP contribution in [0.2, 0.25) is 0 Å². The number of nitrogens with one attached hydrogen (secondary N) is 2. The lowest BCUT2D eigenvalue weighted by Gasteiger charge is -2.40. The molecule has 3 atom stereocenters. The lowest BCUT2D eigenvalue weighted by Crippen LogP contribution is -2.55. The van der Waals surface area contributed by atoms with Crippen molar-refractivity contribution in [3.05, 3.63) is 75.5 Å². The molecule has 0 radical (unpaired) electrons. The molecule has 0 spiro atoms. The second-order valence-electron chi connectivity index (χ2n) is 10.8. The molecule has 0 bridgehead atoms. The number of carbonyl (C=O) groups is 2. The van der Waals surface area contributed by atoms with Crippen LogP contribution in [0.3, 0.4) is 0 Å². The number of hydrogen-bond donors (Lipinski definition) is 4. The molecule has 1 aliphatic rings. The van der Waals surface area contributed by atoms with E-state index in [1.54, 1.807) is 11.0 Å². The highest BCUT2D eigenvalue weighted by atomic mass is 127. The van der Waals surface area contributed by atoms with Crippen LogP contribution in [0.25, 0.3) is 10.9 Å². The van der Waals surface area contributed by atoms with Crippen LogP contribution in [0.15, 0.2) is 66.2 Å². The second kappa shape index (κ2) is 16.1. The molecule has 0 saturated carbocycles. The highest BCUT2D eigenvalue weighted by molar-refractivity contribution is 14.1. The van der Waals surface area contributed by atoms with Gasteiger partial charge in [-0.15, -0.1) is 0 Å². The Morgan fingerprint density at radius 2 is 1.86 bits per heavy atom. The molecule has 0 fully saturated rings. The first-order valence-electron chi connectivity index (χ1n) is 15.0. The van der Waals surface area contributed by atoms with Gasteiger partial charge in [0.2, 0.25) is 11.8 Å². The Bertz CT molecular complexity index is 1320. The van der Waals surface area contributed by atoms with E-state index in [0.29, 0.717) is 30.7 Å². The molecule has 2 aromatic carbocycles. The van der Waals surface area contributed by atoms with Crippen molar-refractivity contribution in [2.75, 3.05) is 19.7 Å². The van der Waals surface area contributed by atoms with E-state index < -0.39 is 18.2 Å². The number of nitrogens with zero attached hydrogens (tertiary/aromatic N) is 1. The molecular formula is C33H42IN3O5. The molecule has 1 aromatic heterocycles. The van der Waals surface area contributed by atoms with Crippen LogP contribution in [0, 0.1) is 3.57 Å². The molecule has 42 heavy (non-hydrogen) atoms. The number of halogens is 1. The zero-order chi connectivity index (χ0) is 29.9. The average molecular weight is 688 g/mol. The summed E-state index contributed by atoms with van der Waals surface area (Å²) < 4.78 is 7.14. The van der Waals surface area contributed by atoms with E-state index in [1.165, 1.54) is 0 Å². The smallest absolute Gasteiger partial charge is 0.247 e. The zero-order valence-electron chi connectivity index (χ0n) is 24.2. The van der Waals surface area contributed by atoms with Crippen molar-refractivity contribution in [3.63, 3.8) is 0 Å². The summed E-state index contributed by atoms with van der Waals surface area (Å²) in [4.78, 5) is 32.1. The van der Waals surface area contributed by atoms with Crippen LogP contribution in [-0.2, 0) is 16.0 Å². The molecule has 9 heteroatoms. The Morgan fingerprint density at radius 1 is 1.10 bits per heavy atom. The van der Waals surface area contributed by atoms with Gasteiger partial charge < -0.3 is 30.2 Å². The first-order chi connectivity index (χ1) is 20.4. The Labute approximate surface area is 261 Å². The van der Waals surface area contributed by atoms with Crippen molar-refractivity contribution in [2.45, 2.75) is 76.5 Å². The predicted octanol–water partition coefficient (Wildman–Crippen LogP) is 5.12. The highest BCUT2D eigenvalue weighted by Crippen LogP contribution is 2.30. The van der Waals surface area contributed by atoms with Gasteiger partial charge in [0.25, 0.3) is 0 Å². The largest absolute Gasteiger partial charge is 0.482 e. The van der Waals surface area contributed by atoms with Crippen LogP contribution >= 0.6 is 22.6 Å². The number of carbonyl (C=O) groups excluding carboxylic acids is 2. The van der Waals surface area contributed by atoms with Crippen molar-refractivity contribution >= 4 is 45.3 Å². The number of aromatic amines is 1. The Hall–Kier alpha value is -2.89. The first kappa shape index (κ1) is 32.0. The standard InChI is InChI=1S/C33H42IN3O5/c1-2-3-4-5-6-15-31(39)37(18-16-25-20-23-11-7-9-13-27(23)36-25)28-21-24(33(41)35-17-19-38)22-30(32(28)40)42-29-14-10-8-12-26(29)34/h7-14,20,22,28,30,32,36,38,40H,2-6,15-19,21H2,1H3,(H,35,41)/t28-,30+,32+/m1/s1. The second-order valence-corrected chi connectivity index (χ2v) is 12.0. The van der Waals surface area contributed by atoms with Crippen LogP contribution in [0.5, 0.6) is 5.75 Å². The van der Waals surface area contributed by atoms with Crippen molar-refractivity contribution in [1.29, 1.82) is 0 Å². The summed E-state index contributed by atoms with van der Waals surface area (Å²) >= 11 is 2.18. The van der Waals surface area contributed by atoms with Crippen molar-refractivity contribution < 1.29 is 24.5 Å². The van der Waals surface area contributed by atoms with Gasteiger partial charge in [0, 0.05) is 49.1 Å². The molecular weight excluding hydrogens is 645 g/mol. The zero-order valence-corrected chi connectivity index (χ0v) is 26.4. The van der Waals surface area contributed by atoms with Gasteiger partial charge >= 0.3 is 0 Å². The van der Waals surface area contributed by atoms with Gasteiger partial charge in [-0.3, -0.25) is 9.59 Å². The maximum absolute atomic E-state index is 13.8. The average Bonchev–Trinajstić information content (AvgIpc) is 3.41. The lowest BCUT2D eigenvalue weighted by atomic mass is 9.87. The summed E-state index contributed by atoms with van der Waals surface area (Å²) in [6.07, 6.45) is 6.08. The Balaban J connectivity index is 1.60. The summed E-state index contributed by atoms with van der Waals surface area (Å²) in [6.45, 7) is 2.49. The molecule has 1 aliphatic carbocycles. The number of aromatic nitrogens is 1. The predicted molar refractivity (Wildman–Crippen MR) is 173 cm³/mol. The topological polar surface area (TPSA) is 115 Å². The molecule has 3 aromatic rings. The number of benzene rings is 2. The number of H-pyrrole nitrogens is 1. The Kier molecular flexibility index (Phi) is 12.3.